The SMILES string of the molecule is CC(c1c(NC(=O)Nc2cc(OC(F)F)nn2C)cnn2cc(Cl)nc12)C(F)(F)F. The Balaban J connectivity index is 1.90. The van der Waals surface area contributed by atoms with Crippen molar-refractivity contribution in [1.29, 1.82) is 0 Å². The maximum absolute atomic E-state index is 13.4. The largest absolute Gasteiger partial charge is 0.415 e. The van der Waals surface area contributed by atoms with E-state index in [1.807, 2.05) is 0 Å². The van der Waals surface area contributed by atoms with E-state index < -0.39 is 30.6 Å². The van der Waals surface area contributed by atoms with Crippen LogP contribution in [0.1, 0.15) is 18.4 Å². The number of hydrogen-bond donors (Lipinski definition) is 2. The number of aromatic nitrogens is 5. The molecule has 3 aromatic rings. The highest BCUT2D eigenvalue weighted by Crippen LogP contribution is 2.39. The van der Waals surface area contributed by atoms with Crippen LogP contribution in [0.5, 0.6) is 5.88 Å². The minimum absolute atomic E-state index is 0.0496. The first kappa shape index (κ1) is 21.5. The molecule has 0 radical (unpaired) electrons. The molecule has 9 nitrogen and oxygen atoms in total. The first-order chi connectivity index (χ1) is 14.0. The fourth-order valence-corrected chi connectivity index (χ4v) is 2.76. The lowest BCUT2D eigenvalue weighted by Crippen LogP contribution is -2.25. The topological polar surface area (TPSA) is 98.4 Å². The van der Waals surface area contributed by atoms with E-state index in [9.17, 15) is 26.7 Å². The summed E-state index contributed by atoms with van der Waals surface area (Å²) in [5.41, 5.74) is -0.805. The van der Waals surface area contributed by atoms with Gasteiger partial charge in [-0.3, -0.25) is 5.32 Å². The summed E-state index contributed by atoms with van der Waals surface area (Å²) in [6.07, 6.45) is -2.42. The molecule has 2 amide bonds. The highest BCUT2D eigenvalue weighted by Gasteiger charge is 2.40. The predicted octanol–water partition coefficient (Wildman–Crippen LogP) is 4.03. The zero-order valence-corrected chi connectivity index (χ0v) is 16.0. The van der Waals surface area contributed by atoms with Crippen molar-refractivity contribution in [3.05, 3.63) is 29.2 Å². The molecule has 3 aromatic heterocycles. The quantitative estimate of drug-likeness (QED) is 0.568. The number of ether oxygens (including phenoxy) is 1. The lowest BCUT2D eigenvalue weighted by Gasteiger charge is -2.20. The van der Waals surface area contributed by atoms with Gasteiger partial charge in [0.15, 0.2) is 5.65 Å². The number of urea groups is 1. The molecule has 0 saturated carbocycles. The summed E-state index contributed by atoms with van der Waals surface area (Å²) in [5, 5.41) is 11.9. The third-order valence-corrected chi connectivity index (χ3v) is 4.16. The van der Waals surface area contributed by atoms with Crippen molar-refractivity contribution in [1.82, 2.24) is 24.4 Å². The first-order valence-corrected chi connectivity index (χ1v) is 8.51. The Hall–Kier alpha value is -3.16. The van der Waals surface area contributed by atoms with Crippen LogP contribution in [-0.2, 0) is 7.05 Å². The van der Waals surface area contributed by atoms with Crippen LogP contribution in [0.25, 0.3) is 5.65 Å². The van der Waals surface area contributed by atoms with E-state index in [-0.39, 0.29) is 27.9 Å². The fraction of sp³-hybridized carbons (Fsp3) is 0.333. The Morgan fingerprint density at radius 3 is 2.63 bits per heavy atom. The van der Waals surface area contributed by atoms with Gasteiger partial charge in [0.05, 0.1) is 24.0 Å². The van der Waals surface area contributed by atoms with E-state index in [0.717, 1.165) is 28.4 Å². The van der Waals surface area contributed by atoms with Crippen LogP contribution < -0.4 is 15.4 Å². The summed E-state index contributed by atoms with van der Waals surface area (Å²) in [7, 11) is 1.34. The number of fused-ring (bicyclic) bond motifs is 1. The van der Waals surface area contributed by atoms with Gasteiger partial charge in [-0.25, -0.2) is 19.0 Å². The average molecular weight is 454 g/mol. The van der Waals surface area contributed by atoms with Gasteiger partial charge in [-0.05, 0) is 6.92 Å². The van der Waals surface area contributed by atoms with Gasteiger partial charge in [0.2, 0.25) is 5.88 Å². The number of nitrogens with zero attached hydrogens (tertiary/aromatic N) is 5. The summed E-state index contributed by atoms with van der Waals surface area (Å²) < 4.78 is 70.9. The molecule has 0 saturated heterocycles. The molecule has 3 rings (SSSR count). The lowest BCUT2D eigenvalue weighted by atomic mass is 10.0. The number of carbonyl (C=O) groups is 1. The molecule has 0 spiro atoms. The van der Waals surface area contributed by atoms with E-state index in [4.69, 9.17) is 11.6 Å². The number of imidazole rings is 1. The third-order valence-electron chi connectivity index (χ3n) is 3.98. The Morgan fingerprint density at radius 2 is 2.00 bits per heavy atom. The molecular weight excluding hydrogens is 441 g/mol. The summed E-state index contributed by atoms with van der Waals surface area (Å²) in [6.45, 7) is -2.22. The van der Waals surface area contributed by atoms with E-state index in [1.54, 1.807) is 0 Å². The summed E-state index contributed by atoms with van der Waals surface area (Å²) in [4.78, 5) is 16.2. The van der Waals surface area contributed by atoms with Crippen molar-refractivity contribution in [2.45, 2.75) is 25.6 Å². The van der Waals surface area contributed by atoms with Gasteiger partial charge in [0, 0.05) is 18.7 Å². The normalized spacial score (nSPS) is 13.0. The van der Waals surface area contributed by atoms with Crippen molar-refractivity contribution in [3.63, 3.8) is 0 Å². The Kier molecular flexibility index (Phi) is 5.70. The van der Waals surface area contributed by atoms with Gasteiger partial charge in [0.1, 0.15) is 11.0 Å². The van der Waals surface area contributed by atoms with E-state index in [0.29, 0.717) is 0 Å². The number of carbonyl (C=O) groups excluding carboxylic acids is 1. The maximum atomic E-state index is 13.4. The molecular formula is C15H13ClF5N7O2. The second kappa shape index (κ2) is 7.93. The van der Waals surface area contributed by atoms with Crippen LogP contribution in [-0.4, -0.2) is 43.2 Å². The second-order valence-electron chi connectivity index (χ2n) is 6.02. The smallest absolute Gasteiger partial charge is 0.395 e. The number of alkyl halides is 5. The van der Waals surface area contributed by atoms with Crippen LogP contribution >= 0.6 is 11.6 Å². The molecule has 1 atom stereocenters. The lowest BCUT2D eigenvalue weighted by molar-refractivity contribution is -0.146. The van der Waals surface area contributed by atoms with Crippen molar-refractivity contribution in [2.75, 3.05) is 10.6 Å². The molecule has 30 heavy (non-hydrogen) atoms. The number of halogens is 6. The highest BCUT2D eigenvalue weighted by atomic mass is 35.5. The van der Waals surface area contributed by atoms with E-state index >= 15 is 0 Å². The van der Waals surface area contributed by atoms with Gasteiger partial charge < -0.3 is 10.1 Å². The standard InChI is InChI=1S/C15H13ClF5N7O2/c1-6(15(19,20)21)11-7(4-22-28-5-8(16)24-12(11)28)23-14(29)25-9-3-10(26-27(9)2)30-13(17)18/h3-6,13H,1-2H3,(H2,23,25,29). The minimum Gasteiger partial charge on any atom is -0.415 e. The number of hydrogen-bond acceptors (Lipinski definition) is 5. The van der Waals surface area contributed by atoms with Gasteiger partial charge in [-0.2, -0.15) is 27.1 Å². The van der Waals surface area contributed by atoms with Crippen molar-refractivity contribution in [2.24, 2.45) is 7.05 Å². The fourth-order valence-electron chi connectivity index (χ4n) is 2.59. The average Bonchev–Trinajstić information content (AvgIpc) is 3.14. The Morgan fingerprint density at radius 1 is 1.30 bits per heavy atom. The van der Waals surface area contributed by atoms with Gasteiger partial charge in [0.25, 0.3) is 0 Å². The van der Waals surface area contributed by atoms with Crippen molar-refractivity contribution >= 4 is 34.8 Å². The first-order valence-electron chi connectivity index (χ1n) is 8.13. The summed E-state index contributed by atoms with van der Waals surface area (Å²) in [5.74, 6) is -2.52. The molecule has 15 heteroatoms. The number of nitrogens with one attached hydrogen (secondary N) is 2. The molecule has 1 unspecified atom stereocenters. The van der Waals surface area contributed by atoms with Crippen LogP contribution in [0.4, 0.5) is 38.3 Å². The van der Waals surface area contributed by atoms with Gasteiger partial charge in [-0.1, -0.05) is 11.6 Å². The van der Waals surface area contributed by atoms with Crippen molar-refractivity contribution in [3.8, 4) is 5.88 Å². The second-order valence-corrected chi connectivity index (χ2v) is 6.40. The molecule has 0 aromatic carbocycles. The van der Waals surface area contributed by atoms with Crippen LogP contribution in [0.15, 0.2) is 18.5 Å². The molecule has 0 bridgehead atoms. The molecule has 0 aliphatic carbocycles. The number of rotatable bonds is 5. The van der Waals surface area contributed by atoms with E-state index in [2.05, 4.69) is 30.6 Å². The van der Waals surface area contributed by atoms with Gasteiger partial charge >= 0.3 is 18.8 Å². The van der Waals surface area contributed by atoms with Crippen LogP contribution in [0.2, 0.25) is 5.15 Å². The van der Waals surface area contributed by atoms with Gasteiger partial charge in [-0.15, -0.1) is 5.10 Å². The monoisotopic (exact) mass is 453 g/mol. The third kappa shape index (κ3) is 4.53. The highest BCUT2D eigenvalue weighted by molar-refractivity contribution is 6.29. The Bertz CT molecular complexity index is 1080. The molecule has 162 valence electrons. The summed E-state index contributed by atoms with van der Waals surface area (Å²) in [6, 6.07) is 0.0434. The number of anilines is 2. The number of aryl methyl sites for hydroxylation is 1. The molecule has 0 aliphatic heterocycles. The van der Waals surface area contributed by atoms with Crippen LogP contribution in [0.3, 0.4) is 0 Å². The Labute approximate surface area is 169 Å². The summed E-state index contributed by atoms with van der Waals surface area (Å²) >= 11 is 5.77. The van der Waals surface area contributed by atoms with Crippen LogP contribution in [0, 0.1) is 0 Å². The minimum atomic E-state index is -4.64. The zero-order valence-electron chi connectivity index (χ0n) is 15.2. The molecule has 3 heterocycles. The maximum Gasteiger partial charge on any atom is 0.395 e. The molecule has 0 fully saturated rings. The van der Waals surface area contributed by atoms with Crippen molar-refractivity contribution < 1.29 is 31.5 Å². The molecule has 2 N–H and O–H groups in total. The zero-order chi connectivity index (χ0) is 22.2. The predicted molar refractivity (Wildman–Crippen MR) is 94.9 cm³/mol. The number of amides is 2. The molecule has 0 aliphatic rings. The van der Waals surface area contributed by atoms with E-state index in [1.165, 1.54) is 13.2 Å².